The first kappa shape index (κ1) is 18.2. The molecule has 0 heterocycles. The molecule has 0 N–H and O–H groups in total. The molecular weight excluding hydrogens is 327 g/mol. The van der Waals surface area contributed by atoms with Crippen molar-refractivity contribution < 1.29 is 23.1 Å². The highest BCUT2D eigenvalue weighted by atomic mass is 28.3. The molecule has 24 heavy (non-hydrogen) atoms. The molecule has 127 valence electrons. The van der Waals surface area contributed by atoms with E-state index >= 15 is 0 Å². The Morgan fingerprint density at radius 2 is 1.83 bits per heavy atom. The topological polar surface area (TPSA) is 44.8 Å². The summed E-state index contributed by atoms with van der Waals surface area (Å²) in [6, 6.07) is 11.9. The lowest BCUT2D eigenvalue weighted by Crippen LogP contribution is -2.07. The van der Waals surface area contributed by atoms with Crippen molar-refractivity contribution in [1.29, 1.82) is 0 Å². The van der Waals surface area contributed by atoms with E-state index in [0.717, 1.165) is 5.56 Å². The van der Waals surface area contributed by atoms with Crippen LogP contribution in [-0.4, -0.2) is 22.1 Å². The highest BCUT2D eigenvalue weighted by Crippen LogP contribution is 2.18. The van der Waals surface area contributed by atoms with Gasteiger partial charge in [-0.05, 0) is 48.5 Å². The maximum atomic E-state index is 13.6. The molecule has 0 unspecified atom stereocenters. The normalized spacial score (nSPS) is 10.7. The van der Waals surface area contributed by atoms with Gasteiger partial charge in [-0.2, -0.15) is 0 Å². The first-order valence-electron chi connectivity index (χ1n) is 7.51. The van der Waals surface area contributed by atoms with Crippen LogP contribution in [0, 0.1) is 5.82 Å². The minimum Gasteiger partial charge on any atom is -0.489 e. The van der Waals surface area contributed by atoms with Gasteiger partial charge in [0, 0.05) is 0 Å². The summed E-state index contributed by atoms with van der Waals surface area (Å²) in [5.74, 6) is -0.618. The van der Waals surface area contributed by atoms with Crippen LogP contribution in [0.3, 0.4) is 0 Å². The fourth-order valence-electron chi connectivity index (χ4n) is 2.05. The van der Waals surface area contributed by atoms with E-state index in [1.54, 1.807) is 6.07 Å². The van der Waals surface area contributed by atoms with Gasteiger partial charge < -0.3 is 13.9 Å². The zero-order valence-electron chi connectivity index (χ0n) is 14.0. The molecule has 0 bridgehead atoms. The van der Waals surface area contributed by atoms with E-state index in [1.807, 2.05) is 24.3 Å². The van der Waals surface area contributed by atoms with E-state index < -0.39 is 20.8 Å². The number of carbonyl (C=O) groups excluding carboxylic acids is 1. The minimum atomic E-state index is -0.739. The Morgan fingerprint density at radius 3 is 2.54 bits per heavy atom. The van der Waals surface area contributed by atoms with Gasteiger partial charge in [-0.15, -0.1) is 0 Å². The summed E-state index contributed by atoms with van der Waals surface area (Å²) in [4.78, 5) is 11.5. The molecule has 2 rings (SSSR count). The van der Waals surface area contributed by atoms with Gasteiger partial charge in [-0.3, -0.25) is 0 Å². The Hall–Kier alpha value is -2.18. The predicted molar refractivity (Wildman–Crippen MR) is 90.8 cm³/mol. The second-order valence-corrected chi connectivity index (χ2v) is 7.54. The van der Waals surface area contributed by atoms with Crippen molar-refractivity contribution >= 4 is 15.0 Å². The third-order valence-corrected chi connectivity index (χ3v) is 3.99. The van der Waals surface area contributed by atoms with Crippen LogP contribution in [0.5, 0.6) is 5.75 Å². The van der Waals surface area contributed by atoms with Gasteiger partial charge in [0.1, 0.15) is 18.2 Å². The number of carbonyl (C=O) groups is 1. The summed E-state index contributed by atoms with van der Waals surface area (Å²) in [5, 5.41) is 0. The number of rotatable bonds is 7. The molecule has 1 radical (unpaired) electrons. The molecule has 0 fully saturated rings. The van der Waals surface area contributed by atoms with Crippen LogP contribution < -0.4 is 4.74 Å². The lowest BCUT2D eigenvalue weighted by atomic mass is 10.1. The van der Waals surface area contributed by atoms with Crippen molar-refractivity contribution in [1.82, 2.24) is 0 Å². The van der Waals surface area contributed by atoms with Crippen LogP contribution in [0.2, 0.25) is 13.1 Å². The van der Waals surface area contributed by atoms with Gasteiger partial charge in [0.2, 0.25) is 9.04 Å². The third-order valence-electron chi connectivity index (χ3n) is 3.27. The van der Waals surface area contributed by atoms with Crippen LogP contribution in [0.25, 0.3) is 0 Å². The zero-order valence-corrected chi connectivity index (χ0v) is 15.0. The van der Waals surface area contributed by atoms with Gasteiger partial charge in [-0.1, -0.05) is 18.2 Å². The Bertz CT molecular complexity index is 703. The van der Waals surface area contributed by atoms with Crippen molar-refractivity contribution in [3.8, 4) is 5.75 Å². The smallest absolute Gasteiger partial charge is 0.340 e. The number of hydrogen-bond acceptors (Lipinski definition) is 4. The Kier molecular flexibility index (Phi) is 6.51. The van der Waals surface area contributed by atoms with Gasteiger partial charge in [0.25, 0.3) is 0 Å². The maximum absolute atomic E-state index is 13.6. The summed E-state index contributed by atoms with van der Waals surface area (Å²) >= 11 is 0. The first-order chi connectivity index (χ1) is 11.5. The quantitative estimate of drug-likeness (QED) is 0.562. The molecular formula is C18H20FO4Si. The molecule has 0 atom stereocenters. The summed E-state index contributed by atoms with van der Waals surface area (Å²) in [7, 11) is 0.481. The lowest BCUT2D eigenvalue weighted by molar-refractivity contribution is 0.0595. The lowest BCUT2D eigenvalue weighted by Gasteiger charge is -2.10. The molecule has 0 amide bonds. The molecule has 2 aromatic carbocycles. The molecule has 4 nitrogen and oxygen atoms in total. The summed E-state index contributed by atoms with van der Waals surface area (Å²) in [6.07, 6.45) is 0. The SMILES string of the molecule is COC(=O)c1cc(COc2cccc(CO[Si](C)C)c2)ccc1F. The van der Waals surface area contributed by atoms with Crippen molar-refractivity contribution in [2.45, 2.75) is 26.3 Å². The number of halogens is 1. The molecule has 2 aromatic rings. The van der Waals surface area contributed by atoms with Crippen LogP contribution in [-0.2, 0) is 22.4 Å². The van der Waals surface area contributed by atoms with Crippen molar-refractivity contribution in [3.63, 3.8) is 0 Å². The van der Waals surface area contributed by atoms with E-state index in [9.17, 15) is 9.18 Å². The Morgan fingerprint density at radius 1 is 1.08 bits per heavy atom. The van der Waals surface area contributed by atoms with Crippen molar-refractivity contribution in [3.05, 3.63) is 65.0 Å². The van der Waals surface area contributed by atoms with Gasteiger partial charge in [-0.25, -0.2) is 9.18 Å². The number of methoxy groups -OCH3 is 1. The molecule has 0 aliphatic carbocycles. The van der Waals surface area contributed by atoms with Crippen LogP contribution in [0.4, 0.5) is 4.39 Å². The second kappa shape index (κ2) is 8.61. The standard InChI is InChI=1S/C18H20FO4Si/c1-21-18(20)16-10-14(7-8-17(16)19)11-22-15-6-4-5-13(9-15)12-23-24(2)3/h4-10H,11-12H2,1-3H3. The molecule has 0 aromatic heterocycles. The fraction of sp³-hybridized carbons (Fsp3) is 0.278. The van der Waals surface area contributed by atoms with Gasteiger partial charge >= 0.3 is 5.97 Å². The van der Waals surface area contributed by atoms with E-state index in [1.165, 1.54) is 19.2 Å². The molecule has 0 saturated carbocycles. The summed E-state index contributed by atoms with van der Waals surface area (Å²) < 4.78 is 29.6. The molecule has 0 spiro atoms. The third kappa shape index (κ3) is 5.18. The number of esters is 1. The largest absolute Gasteiger partial charge is 0.489 e. The fourth-order valence-corrected chi connectivity index (χ4v) is 2.50. The molecule has 0 saturated heterocycles. The molecule has 6 heteroatoms. The van der Waals surface area contributed by atoms with Crippen LogP contribution in [0.1, 0.15) is 21.5 Å². The second-order valence-electron chi connectivity index (χ2n) is 5.44. The van der Waals surface area contributed by atoms with E-state index in [0.29, 0.717) is 17.9 Å². The average Bonchev–Trinajstić information content (AvgIpc) is 2.59. The van der Waals surface area contributed by atoms with Crippen LogP contribution in [0.15, 0.2) is 42.5 Å². The maximum Gasteiger partial charge on any atom is 0.340 e. The van der Waals surface area contributed by atoms with E-state index in [4.69, 9.17) is 9.16 Å². The predicted octanol–water partition coefficient (Wildman–Crippen LogP) is 3.96. The van der Waals surface area contributed by atoms with Gasteiger partial charge in [0.05, 0.1) is 19.3 Å². The first-order valence-corrected chi connectivity index (χ1v) is 9.92. The average molecular weight is 347 g/mol. The van der Waals surface area contributed by atoms with Gasteiger partial charge in [0.15, 0.2) is 0 Å². The number of hydrogen-bond donors (Lipinski definition) is 0. The Balaban J connectivity index is 2.03. The molecule has 0 aliphatic rings. The highest BCUT2D eigenvalue weighted by molar-refractivity contribution is 6.48. The van der Waals surface area contributed by atoms with Crippen LogP contribution >= 0.6 is 0 Å². The molecule has 0 aliphatic heterocycles. The van der Waals surface area contributed by atoms with E-state index in [2.05, 4.69) is 17.8 Å². The van der Waals surface area contributed by atoms with Crippen molar-refractivity contribution in [2.24, 2.45) is 0 Å². The Labute approximate surface area is 142 Å². The van der Waals surface area contributed by atoms with Crippen molar-refractivity contribution in [2.75, 3.05) is 7.11 Å². The number of ether oxygens (including phenoxy) is 2. The van der Waals surface area contributed by atoms with E-state index in [-0.39, 0.29) is 12.2 Å². The summed E-state index contributed by atoms with van der Waals surface area (Å²) in [6.45, 7) is 4.95. The minimum absolute atomic E-state index is 0.0960. The highest BCUT2D eigenvalue weighted by Gasteiger charge is 2.13. The summed E-state index contributed by atoms with van der Waals surface area (Å²) in [5.41, 5.74) is 1.63. The zero-order chi connectivity index (χ0) is 17.5. The monoisotopic (exact) mass is 347 g/mol. The number of benzene rings is 2.